The van der Waals surface area contributed by atoms with E-state index in [0.717, 1.165) is 45.3 Å². The van der Waals surface area contributed by atoms with E-state index < -0.39 is 9.84 Å². The standard InChI is InChI=1S/C14H26N2O3S/c1-2-3-8-16(10-13-5-4-7-15-13)14(17)12-6-9-20(18,19)11-12/h12-13,15H,2-11H2,1H3. The number of sulfone groups is 1. The van der Waals surface area contributed by atoms with Gasteiger partial charge in [0.15, 0.2) is 9.84 Å². The Morgan fingerprint density at radius 2 is 2.15 bits per heavy atom. The van der Waals surface area contributed by atoms with E-state index in [-0.39, 0.29) is 23.3 Å². The maximum absolute atomic E-state index is 12.6. The largest absolute Gasteiger partial charge is 0.341 e. The fourth-order valence-electron chi connectivity index (χ4n) is 3.07. The minimum atomic E-state index is -2.98. The molecular weight excluding hydrogens is 276 g/mol. The summed E-state index contributed by atoms with van der Waals surface area (Å²) >= 11 is 0. The molecule has 2 atom stereocenters. The first-order valence-corrected chi connectivity index (χ1v) is 9.56. The SMILES string of the molecule is CCCCN(CC1CCCN1)C(=O)C1CCS(=O)(=O)C1. The summed E-state index contributed by atoms with van der Waals surface area (Å²) in [5.41, 5.74) is 0. The van der Waals surface area contributed by atoms with E-state index in [2.05, 4.69) is 12.2 Å². The normalized spacial score (nSPS) is 28.6. The fourth-order valence-corrected chi connectivity index (χ4v) is 4.80. The monoisotopic (exact) mass is 302 g/mol. The summed E-state index contributed by atoms with van der Waals surface area (Å²) in [6.07, 6.45) is 4.81. The van der Waals surface area contributed by atoms with E-state index in [0.29, 0.717) is 12.5 Å². The molecular formula is C14H26N2O3S. The molecule has 2 aliphatic heterocycles. The lowest BCUT2D eigenvalue weighted by Crippen LogP contribution is -2.44. The highest BCUT2D eigenvalue weighted by molar-refractivity contribution is 7.91. The molecule has 2 fully saturated rings. The van der Waals surface area contributed by atoms with Gasteiger partial charge in [0.25, 0.3) is 0 Å². The molecule has 0 aliphatic carbocycles. The Balaban J connectivity index is 1.95. The van der Waals surface area contributed by atoms with E-state index in [9.17, 15) is 13.2 Å². The number of hydrogen-bond donors (Lipinski definition) is 1. The van der Waals surface area contributed by atoms with Gasteiger partial charge < -0.3 is 10.2 Å². The summed E-state index contributed by atoms with van der Waals surface area (Å²) in [6, 6.07) is 0.383. The van der Waals surface area contributed by atoms with Crippen molar-refractivity contribution in [2.24, 2.45) is 5.92 Å². The second-order valence-electron chi connectivity index (χ2n) is 6.03. The molecule has 0 radical (unpaired) electrons. The fraction of sp³-hybridized carbons (Fsp3) is 0.929. The first-order chi connectivity index (χ1) is 9.52. The number of hydrogen-bond acceptors (Lipinski definition) is 4. The zero-order valence-corrected chi connectivity index (χ0v) is 13.1. The topological polar surface area (TPSA) is 66.5 Å². The molecule has 0 aromatic carbocycles. The molecule has 20 heavy (non-hydrogen) atoms. The average molecular weight is 302 g/mol. The lowest BCUT2D eigenvalue weighted by atomic mass is 10.1. The van der Waals surface area contributed by atoms with Crippen molar-refractivity contribution in [2.45, 2.75) is 45.1 Å². The van der Waals surface area contributed by atoms with Crippen LogP contribution in [0.25, 0.3) is 0 Å². The maximum atomic E-state index is 12.6. The van der Waals surface area contributed by atoms with E-state index in [1.54, 1.807) is 0 Å². The summed E-state index contributed by atoms with van der Waals surface area (Å²) < 4.78 is 23.1. The summed E-state index contributed by atoms with van der Waals surface area (Å²) in [4.78, 5) is 14.5. The van der Waals surface area contributed by atoms with Crippen LogP contribution < -0.4 is 5.32 Å². The molecule has 2 heterocycles. The van der Waals surface area contributed by atoms with Gasteiger partial charge in [0.2, 0.25) is 5.91 Å². The van der Waals surface area contributed by atoms with Crippen molar-refractivity contribution in [3.63, 3.8) is 0 Å². The van der Waals surface area contributed by atoms with Crippen molar-refractivity contribution < 1.29 is 13.2 Å². The highest BCUT2D eigenvalue weighted by Gasteiger charge is 2.35. The van der Waals surface area contributed by atoms with Gasteiger partial charge in [-0.05, 0) is 32.2 Å². The van der Waals surface area contributed by atoms with Crippen LogP contribution in [0, 0.1) is 5.92 Å². The van der Waals surface area contributed by atoms with Crippen molar-refractivity contribution in [3.8, 4) is 0 Å². The van der Waals surface area contributed by atoms with Crippen LogP contribution in [-0.2, 0) is 14.6 Å². The first-order valence-electron chi connectivity index (χ1n) is 7.74. The Hall–Kier alpha value is -0.620. The van der Waals surface area contributed by atoms with E-state index in [1.807, 2.05) is 4.90 Å². The van der Waals surface area contributed by atoms with Crippen molar-refractivity contribution in [1.29, 1.82) is 0 Å². The number of carbonyl (C=O) groups excluding carboxylic acids is 1. The second-order valence-corrected chi connectivity index (χ2v) is 8.26. The van der Waals surface area contributed by atoms with Gasteiger partial charge in [-0.25, -0.2) is 8.42 Å². The molecule has 0 saturated carbocycles. The van der Waals surface area contributed by atoms with Gasteiger partial charge in [0.05, 0.1) is 17.4 Å². The minimum absolute atomic E-state index is 0.0482. The molecule has 2 unspecified atom stereocenters. The molecule has 2 saturated heterocycles. The Morgan fingerprint density at radius 1 is 1.35 bits per heavy atom. The summed E-state index contributed by atoms with van der Waals surface area (Å²) in [5.74, 6) is -0.0364. The van der Waals surface area contributed by atoms with Crippen molar-refractivity contribution in [3.05, 3.63) is 0 Å². The van der Waals surface area contributed by atoms with Crippen LogP contribution in [0.4, 0.5) is 0 Å². The molecule has 116 valence electrons. The lowest BCUT2D eigenvalue weighted by molar-refractivity contribution is -0.135. The van der Waals surface area contributed by atoms with Gasteiger partial charge in [-0.3, -0.25) is 4.79 Å². The van der Waals surface area contributed by atoms with E-state index >= 15 is 0 Å². The van der Waals surface area contributed by atoms with Crippen molar-refractivity contribution in [2.75, 3.05) is 31.1 Å². The van der Waals surface area contributed by atoms with Gasteiger partial charge in [-0.1, -0.05) is 13.3 Å². The van der Waals surface area contributed by atoms with Crippen LogP contribution >= 0.6 is 0 Å². The number of nitrogens with zero attached hydrogens (tertiary/aromatic N) is 1. The van der Waals surface area contributed by atoms with Crippen LogP contribution in [0.1, 0.15) is 39.0 Å². The highest BCUT2D eigenvalue weighted by Crippen LogP contribution is 2.21. The summed E-state index contributed by atoms with van der Waals surface area (Å²) in [5, 5.41) is 3.41. The third-order valence-corrected chi connectivity index (χ3v) is 6.05. The number of unbranched alkanes of at least 4 members (excludes halogenated alkanes) is 1. The number of amides is 1. The van der Waals surface area contributed by atoms with Gasteiger partial charge in [-0.15, -0.1) is 0 Å². The van der Waals surface area contributed by atoms with Crippen LogP contribution in [-0.4, -0.2) is 56.4 Å². The predicted molar refractivity (Wildman–Crippen MR) is 79.3 cm³/mol. The molecule has 6 heteroatoms. The molecule has 1 N–H and O–H groups in total. The van der Waals surface area contributed by atoms with Crippen LogP contribution in [0.3, 0.4) is 0 Å². The number of carbonyl (C=O) groups is 1. The zero-order chi connectivity index (χ0) is 14.6. The minimum Gasteiger partial charge on any atom is -0.341 e. The van der Waals surface area contributed by atoms with Gasteiger partial charge in [0.1, 0.15) is 0 Å². The smallest absolute Gasteiger partial charge is 0.226 e. The highest BCUT2D eigenvalue weighted by atomic mass is 32.2. The van der Waals surface area contributed by atoms with Crippen LogP contribution in [0.5, 0.6) is 0 Å². The quantitative estimate of drug-likeness (QED) is 0.788. The maximum Gasteiger partial charge on any atom is 0.226 e. The average Bonchev–Trinajstić information content (AvgIpc) is 3.03. The second kappa shape index (κ2) is 6.89. The predicted octanol–water partition coefficient (Wildman–Crippen LogP) is 0.802. The zero-order valence-electron chi connectivity index (χ0n) is 12.3. The molecule has 0 spiro atoms. The number of nitrogens with one attached hydrogen (secondary N) is 1. The van der Waals surface area contributed by atoms with Gasteiger partial charge >= 0.3 is 0 Å². The molecule has 2 aliphatic rings. The third-order valence-electron chi connectivity index (χ3n) is 4.28. The van der Waals surface area contributed by atoms with Gasteiger partial charge in [-0.2, -0.15) is 0 Å². The summed E-state index contributed by atoms with van der Waals surface area (Å²) in [7, 11) is -2.98. The molecule has 0 aromatic heterocycles. The van der Waals surface area contributed by atoms with E-state index in [1.165, 1.54) is 0 Å². The van der Waals surface area contributed by atoms with Crippen molar-refractivity contribution >= 4 is 15.7 Å². The molecule has 1 amide bonds. The number of rotatable bonds is 6. The lowest BCUT2D eigenvalue weighted by Gasteiger charge is -2.28. The van der Waals surface area contributed by atoms with Crippen LogP contribution in [0.2, 0.25) is 0 Å². The molecule has 0 aromatic rings. The van der Waals surface area contributed by atoms with Crippen LogP contribution in [0.15, 0.2) is 0 Å². The Labute approximate surface area is 122 Å². The molecule has 5 nitrogen and oxygen atoms in total. The third kappa shape index (κ3) is 4.19. The van der Waals surface area contributed by atoms with E-state index in [4.69, 9.17) is 0 Å². The Kier molecular flexibility index (Phi) is 5.43. The molecule has 2 rings (SSSR count). The summed E-state index contributed by atoms with van der Waals surface area (Å²) in [6.45, 7) is 4.62. The Morgan fingerprint density at radius 3 is 2.70 bits per heavy atom. The Bertz CT molecular complexity index is 430. The van der Waals surface area contributed by atoms with Gasteiger partial charge in [0, 0.05) is 19.1 Å². The molecule has 0 bridgehead atoms. The van der Waals surface area contributed by atoms with Crippen molar-refractivity contribution in [1.82, 2.24) is 10.2 Å². The first kappa shape index (κ1) is 15.8.